The number of phenols is 2. The van der Waals surface area contributed by atoms with E-state index in [-0.39, 0.29) is 11.5 Å². The van der Waals surface area contributed by atoms with Crippen molar-refractivity contribution < 1.29 is 14.6 Å². The van der Waals surface area contributed by atoms with E-state index in [2.05, 4.69) is 14.9 Å². The molecule has 0 unspecified atom stereocenters. The molecule has 0 radical (unpaired) electrons. The maximum atomic E-state index is 9.95. The Kier molecular flexibility index (Phi) is 3.66. The van der Waals surface area contributed by atoms with Crippen LogP contribution in [0.3, 0.4) is 0 Å². The second kappa shape index (κ2) is 5.98. The first-order valence-corrected chi connectivity index (χ1v) is 7.81. The van der Waals surface area contributed by atoms with E-state index >= 15 is 0 Å². The topological polar surface area (TPSA) is 82.6 Å². The van der Waals surface area contributed by atoms with Gasteiger partial charge in [0.1, 0.15) is 0 Å². The first-order chi connectivity index (χ1) is 11.7. The average molecular weight is 323 g/mol. The molecule has 122 valence electrons. The zero-order valence-electron chi connectivity index (χ0n) is 13.0. The standard InChI is InChI=1S/C18H17N3O3/c22-15-4-1-3-12(17(15)23)10-21-7-6-14-13(11-21)9-19-18(20-14)16-5-2-8-24-16/h1-5,8-9,22-23H,6-7,10-11H2. The number of aromatic nitrogens is 2. The molecule has 6 heteroatoms. The predicted octanol–water partition coefficient (Wildman–Crippen LogP) is 2.71. The van der Waals surface area contributed by atoms with Gasteiger partial charge < -0.3 is 14.6 Å². The van der Waals surface area contributed by atoms with Gasteiger partial charge in [-0.2, -0.15) is 0 Å². The van der Waals surface area contributed by atoms with Gasteiger partial charge in [0.25, 0.3) is 0 Å². The van der Waals surface area contributed by atoms with E-state index in [9.17, 15) is 10.2 Å². The van der Waals surface area contributed by atoms with Gasteiger partial charge in [-0.05, 0) is 18.2 Å². The van der Waals surface area contributed by atoms with Crippen molar-refractivity contribution in [1.82, 2.24) is 14.9 Å². The minimum absolute atomic E-state index is 0.0484. The van der Waals surface area contributed by atoms with Crippen LogP contribution in [0.2, 0.25) is 0 Å². The molecule has 0 saturated heterocycles. The van der Waals surface area contributed by atoms with Crippen LogP contribution in [-0.4, -0.2) is 31.6 Å². The lowest BCUT2D eigenvalue weighted by Crippen LogP contribution is -2.31. The SMILES string of the molecule is Oc1cccc(CN2CCc3nc(-c4ccco4)ncc3C2)c1O. The monoisotopic (exact) mass is 323 g/mol. The van der Waals surface area contributed by atoms with Crippen LogP contribution >= 0.6 is 0 Å². The molecule has 0 saturated carbocycles. The van der Waals surface area contributed by atoms with Crippen molar-refractivity contribution in [2.75, 3.05) is 6.54 Å². The molecule has 3 aromatic rings. The molecule has 0 amide bonds. The fraction of sp³-hybridized carbons (Fsp3) is 0.222. The summed E-state index contributed by atoms with van der Waals surface area (Å²) in [6.07, 6.45) is 4.27. The van der Waals surface area contributed by atoms with Crippen LogP contribution in [0.25, 0.3) is 11.6 Å². The number of hydrogen-bond acceptors (Lipinski definition) is 6. The number of aromatic hydroxyl groups is 2. The van der Waals surface area contributed by atoms with Gasteiger partial charge in [0.05, 0.1) is 12.0 Å². The molecule has 1 aliphatic rings. The lowest BCUT2D eigenvalue weighted by Gasteiger charge is -2.28. The Labute approximate surface area is 139 Å². The summed E-state index contributed by atoms with van der Waals surface area (Å²) in [7, 11) is 0. The van der Waals surface area contributed by atoms with Gasteiger partial charge in [0, 0.05) is 43.4 Å². The molecule has 3 heterocycles. The van der Waals surface area contributed by atoms with E-state index < -0.39 is 0 Å². The van der Waals surface area contributed by atoms with E-state index in [0.29, 0.717) is 30.2 Å². The minimum Gasteiger partial charge on any atom is -0.504 e. The summed E-state index contributed by atoms with van der Waals surface area (Å²) in [5.41, 5.74) is 2.83. The number of para-hydroxylation sites is 1. The second-order valence-electron chi connectivity index (χ2n) is 5.89. The second-order valence-corrected chi connectivity index (χ2v) is 5.89. The highest BCUT2D eigenvalue weighted by Crippen LogP contribution is 2.30. The van der Waals surface area contributed by atoms with Crippen LogP contribution < -0.4 is 0 Å². The largest absolute Gasteiger partial charge is 0.504 e. The summed E-state index contributed by atoms with van der Waals surface area (Å²) in [6.45, 7) is 2.11. The van der Waals surface area contributed by atoms with E-state index in [1.807, 2.05) is 24.4 Å². The summed E-state index contributed by atoms with van der Waals surface area (Å²) in [5.74, 6) is 1.15. The van der Waals surface area contributed by atoms with Crippen LogP contribution in [0, 0.1) is 0 Å². The molecular weight excluding hydrogens is 306 g/mol. The molecule has 0 spiro atoms. The zero-order valence-corrected chi connectivity index (χ0v) is 13.0. The highest BCUT2D eigenvalue weighted by molar-refractivity contribution is 5.47. The number of hydrogen-bond donors (Lipinski definition) is 2. The predicted molar refractivity (Wildman–Crippen MR) is 87.3 cm³/mol. The third kappa shape index (κ3) is 2.72. The van der Waals surface area contributed by atoms with Gasteiger partial charge in [0.2, 0.25) is 0 Å². The van der Waals surface area contributed by atoms with Crippen molar-refractivity contribution >= 4 is 0 Å². The quantitative estimate of drug-likeness (QED) is 0.721. The van der Waals surface area contributed by atoms with E-state index in [1.165, 1.54) is 6.07 Å². The molecular formula is C18H17N3O3. The summed E-state index contributed by atoms with van der Waals surface area (Å²) < 4.78 is 5.35. The Morgan fingerprint density at radius 2 is 2.08 bits per heavy atom. The third-order valence-electron chi connectivity index (χ3n) is 4.25. The maximum absolute atomic E-state index is 9.95. The van der Waals surface area contributed by atoms with Crippen LogP contribution in [0.4, 0.5) is 0 Å². The van der Waals surface area contributed by atoms with Crippen molar-refractivity contribution in [3.63, 3.8) is 0 Å². The first kappa shape index (κ1) is 14.7. The van der Waals surface area contributed by atoms with Gasteiger partial charge in [-0.3, -0.25) is 4.90 Å². The normalized spacial score (nSPS) is 14.5. The summed E-state index contributed by atoms with van der Waals surface area (Å²) in [4.78, 5) is 11.2. The Balaban J connectivity index is 1.53. The number of phenolic OH excluding ortho intramolecular Hbond substituents is 2. The molecule has 2 aromatic heterocycles. The number of furan rings is 1. The molecule has 0 fully saturated rings. The van der Waals surface area contributed by atoms with E-state index in [0.717, 1.165) is 24.2 Å². The van der Waals surface area contributed by atoms with Crippen LogP contribution in [0.5, 0.6) is 11.5 Å². The van der Waals surface area contributed by atoms with Crippen LogP contribution in [0.1, 0.15) is 16.8 Å². The highest BCUT2D eigenvalue weighted by Gasteiger charge is 2.20. The fourth-order valence-electron chi connectivity index (χ4n) is 2.98. The first-order valence-electron chi connectivity index (χ1n) is 7.81. The Morgan fingerprint density at radius 3 is 2.92 bits per heavy atom. The molecule has 1 aliphatic heterocycles. The fourth-order valence-corrected chi connectivity index (χ4v) is 2.98. The average Bonchev–Trinajstić information content (AvgIpc) is 3.13. The molecule has 0 atom stereocenters. The molecule has 4 rings (SSSR count). The van der Waals surface area contributed by atoms with Gasteiger partial charge in [-0.25, -0.2) is 9.97 Å². The molecule has 2 N–H and O–H groups in total. The third-order valence-corrected chi connectivity index (χ3v) is 4.25. The minimum atomic E-state index is -0.0867. The molecule has 6 nitrogen and oxygen atoms in total. The zero-order chi connectivity index (χ0) is 16.5. The molecule has 24 heavy (non-hydrogen) atoms. The van der Waals surface area contributed by atoms with Crippen molar-refractivity contribution in [3.8, 4) is 23.1 Å². The number of nitrogens with zero attached hydrogens (tertiary/aromatic N) is 3. The Morgan fingerprint density at radius 1 is 1.17 bits per heavy atom. The molecule has 0 aliphatic carbocycles. The van der Waals surface area contributed by atoms with Crippen molar-refractivity contribution in [3.05, 3.63) is 59.6 Å². The highest BCUT2D eigenvalue weighted by atomic mass is 16.3. The van der Waals surface area contributed by atoms with E-state index in [4.69, 9.17) is 4.42 Å². The number of benzene rings is 1. The van der Waals surface area contributed by atoms with E-state index in [1.54, 1.807) is 12.3 Å². The summed E-state index contributed by atoms with van der Waals surface area (Å²) in [6, 6.07) is 8.71. The van der Waals surface area contributed by atoms with Crippen molar-refractivity contribution in [1.29, 1.82) is 0 Å². The summed E-state index contributed by atoms with van der Waals surface area (Å²) >= 11 is 0. The lowest BCUT2D eigenvalue weighted by molar-refractivity contribution is 0.239. The van der Waals surface area contributed by atoms with Crippen molar-refractivity contribution in [2.45, 2.75) is 19.5 Å². The molecule has 0 bridgehead atoms. The Bertz CT molecular complexity index is 862. The summed E-state index contributed by atoms with van der Waals surface area (Å²) in [5, 5.41) is 19.6. The number of rotatable bonds is 3. The lowest BCUT2D eigenvalue weighted by atomic mass is 10.1. The van der Waals surface area contributed by atoms with Gasteiger partial charge in [-0.15, -0.1) is 0 Å². The van der Waals surface area contributed by atoms with Gasteiger partial charge in [0.15, 0.2) is 23.1 Å². The van der Waals surface area contributed by atoms with Crippen molar-refractivity contribution in [2.24, 2.45) is 0 Å². The smallest absolute Gasteiger partial charge is 0.195 e. The van der Waals surface area contributed by atoms with Crippen LogP contribution in [-0.2, 0) is 19.5 Å². The number of fused-ring (bicyclic) bond motifs is 1. The van der Waals surface area contributed by atoms with Crippen LogP contribution in [0.15, 0.2) is 47.2 Å². The molecule has 1 aromatic carbocycles. The Hall–Kier alpha value is -2.86. The van der Waals surface area contributed by atoms with Gasteiger partial charge in [-0.1, -0.05) is 12.1 Å². The maximum Gasteiger partial charge on any atom is 0.195 e. The van der Waals surface area contributed by atoms with Gasteiger partial charge >= 0.3 is 0 Å².